The molecular formula is C36H71N2+. The molecule has 2 nitrogen and oxygen atoms in total. The Morgan fingerprint density at radius 1 is 0.447 bits per heavy atom. The van der Waals surface area contributed by atoms with Gasteiger partial charge in [0.2, 0.25) is 0 Å². The number of imidazole rings is 1. The average molecular weight is 532 g/mol. The largest absolute Gasteiger partial charge is 0.256 e. The van der Waals surface area contributed by atoms with Crippen molar-refractivity contribution < 1.29 is 4.57 Å². The number of unbranched alkanes of at least 4 members (excludes halogenated alkanes) is 24. The van der Waals surface area contributed by atoms with Crippen LogP contribution in [0.2, 0.25) is 0 Å². The van der Waals surface area contributed by atoms with Crippen molar-refractivity contribution in [1.29, 1.82) is 0 Å². The number of hydrogen-bond acceptors (Lipinski definition) is 0. The minimum Gasteiger partial charge on any atom is -0.234 e. The molecule has 0 amide bonds. The van der Waals surface area contributed by atoms with E-state index in [1.165, 1.54) is 193 Å². The summed E-state index contributed by atoms with van der Waals surface area (Å²) in [6.45, 7) is 9.39. The summed E-state index contributed by atoms with van der Waals surface area (Å²) in [4.78, 5) is 0. The van der Waals surface area contributed by atoms with Crippen LogP contribution in [0.3, 0.4) is 0 Å². The minimum atomic E-state index is 1.23. The normalized spacial score (nSPS) is 11.6. The van der Waals surface area contributed by atoms with Gasteiger partial charge in [0.05, 0.1) is 13.1 Å². The summed E-state index contributed by atoms with van der Waals surface area (Å²) in [6, 6.07) is 0. The van der Waals surface area contributed by atoms with Crippen molar-refractivity contribution in [3.8, 4) is 0 Å². The molecule has 0 N–H and O–H groups in total. The van der Waals surface area contributed by atoms with E-state index in [4.69, 9.17) is 0 Å². The van der Waals surface area contributed by atoms with Gasteiger partial charge in [-0.05, 0) is 32.1 Å². The van der Waals surface area contributed by atoms with Crippen LogP contribution in [-0.2, 0) is 19.5 Å². The Balaban J connectivity index is 2.33. The predicted octanol–water partition coefficient (Wildman–Crippen LogP) is 11.9. The van der Waals surface area contributed by atoms with Crippen LogP contribution in [0.15, 0.2) is 12.4 Å². The van der Waals surface area contributed by atoms with Gasteiger partial charge in [0.25, 0.3) is 5.82 Å². The quantitative estimate of drug-likeness (QED) is 0.0689. The molecule has 1 aromatic heterocycles. The van der Waals surface area contributed by atoms with E-state index in [0.717, 1.165) is 0 Å². The number of nitrogens with zero attached hydrogens (tertiary/aromatic N) is 2. The predicted molar refractivity (Wildman–Crippen MR) is 170 cm³/mol. The molecule has 0 aromatic carbocycles. The maximum absolute atomic E-state index is 2.62. The number of hydrogen-bond donors (Lipinski definition) is 0. The Morgan fingerprint density at radius 2 is 0.816 bits per heavy atom. The topological polar surface area (TPSA) is 8.81 Å². The molecule has 38 heavy (non-hydrogen) atoms. The molecule has 1 aromatic rings. The molecule has 0 aliphatic heterocycles. The molecule has 0 atom stereocenters. The van der Waals surface area contributed by atoms with Crippen LogP contribution in [0.1, 0.15) is 200 Å². The molecule has 1 rings (SSSR count). The highest BCUT2D eigenvalue weighted by Gasteiger charge is 2.16. The first-order valence-electron chi connectivity index (χ1n) is 17.9. The standard InChI is InChI=1S/C36H71N2/c1-4-7-10-13-16-19-20-21-24-27-30-33-38-35-34-37(32-29-26-23-18-15-12-9-6-3)36(38)31-28-25-22-17-14-11-8-5-2/h34-35H,4-33H2,1-3H3/q+1. The second-order valence-corrected chi connectivity index (χ2v) is 12.3. The first-order valence-corrected chi connectivity index (χ1v) is 17.9. The van der Waals surface area contributed by atoms with Crippen molar-refractivity contribution in [1.82, 2.24) is 4.57 Å². The fraction of sp³-hybridized carbons (Fsp3) is 0.917. The first kappa shape index (κ1) is 35.2. The number of aryl methyl sites for hydroxylation is 2. The third kappa shape index (κ3) is 20.2. The van der Waals surface area contributed by atoms with Crippen molar-refractivity contribution in [3.05, 3.63) is 18.2 Å². The molecule has 224 valence electrons. The lowest BCUT2D eigenvalue weighted by atomic mass is 10.1. The van der Waals surface area contributed by atoms with Crippen molar-refractivity contribution in [3.63, 3.8) is 0 Å². The van der Waals surface area contributed by atoms with Gasteiger partial charge in [0.15, 0.2) is 0 Å². The van der Waals surface area contributed by atoms with Gasteiger partial charge in [0, 0.05) is 6.42 Å². The van der Waals surface area contributed by atoms with E-state index in [9.17, 15) is 0 Å². The summed E-state index contributed by atoms with van der Waals surface area (Å²) >= 11 is 0. The van der Waals surface area contributed by atoms with E-state index >= 15 is 0 Å². The lowest BCUT2D eigenvalue weighted by Gasteiger charge is -2.07. The monoisotopic (exact) mass is 532 g/mol. The zero-order chi connectivity index (χ0) is 27.4. The maximum Gasteiger partial charge on any atom is 0.256 e. The van der Waals surface area contributed by atoms with Crippen LogP contribution in [0.25, 0.3) is 0 Å². The summed E-state index contributed by atoms with van der Waals surface area (Å²) in [5.74, 6) is 1.62. The molecule has 0 spiro atoms. The summed E-state index contributed by atoms with van der Waals surface area (Å²) in [5, 5.41) is 0. The Labute approximate surface area is 240 Å². The molecular weight excluding hydrogens is 460 g/mol. The second kappa shape index (κ2) is 27.8. The molecule has 0 aliphatic rings. The summed E-state index contributed by atoms with van der Waals surface area (Å²) < 4.78 is 5.25. The average Bonchev–Trinajstić information content (AvgIpc) is 3.31. The van der Waals surface area contributed by atoms with Crippen molar-refractivity contribution in [2.75, 3.05) is 0 Å². The van der Waals surface area contributed by atoms with Gasteiger partial charge >= 0.3 is 0 Å². The van der Waals surface area contributed by atoms with Crippen LogP contribution in [-0.4, -0.2) is 4.57 Å². The van der Waals surface area contributed by atoms with Gasteiger partial charge in [-0.15, -0.1) is 0 Å². The lowest BCUT2D eigenvalue weighted by Crippen LogP contribution is -2.37. The van der Waals surface area contributed by atoms with E-state index in [1.807, 2.05) is 0 Å². The second-order valence-electron chi connectivity index (χ2n) is 12.3. The van der Waals surface area contributed by atoms with Crippen LogP contribution < -0.4 is 4.57 Å². The van der Waals surface area contributed by atoms with Crippen LogP contribution in [0, 0.1) is 0 Å². The highest BCUT2D eigenvalue weighted by molar-refractivity contribution is 4.84. The van der Waals surface area contributed by atoms with E-state index in [2.05, 4.69) is 42.3 Å². The molecule has 0 aliphatic carbocycles. The molecule has 0 fully saturated rings. The Bertz CT molecular complexity index is 590. The van der Waals surface area contributed by atoms with Crippen LogP contribution in [0.5, 0.6) is 0 Å². The fourth-order valence-corrected chi connectivity index (χ4v) is 5.97. The smallest absolute Gasteiger partial charge is 0.234 e. The molecule has 0 saturated carbocycles. The minimum absolute atomic E-state index is 1.23. The SMILES string of the molecule is CCCCCCCCCCCCC[n+]1ccn(CCCCCCCCCC)c1CCCCCCCCCC. The van der Waals surface area contributed by atoms with Crippen LogP contribution in [0.4, 0.5) is 0 Å². The van der Waals surface area contributed by atoms with Gasteiger partial charge in [-0.1, -0.05) is 162 Å². The number of aromatic nitrogens is 2. The molecule has 0 saturated heterocycles. The molecule has 1 heterocycles. The summed E-state index contributed by atoms with van der Waals surface area (Å²) in [7, 11) is 0. The van der Waals surface area contributed by atoms with Gasteiger partial charge in [0.1, 0.15) is 12.4 Å². The maximum atomic E-state index is 2.62. The highest BCUT2D eigenvalue weighted by Crippen LogP contribution is 2.14. The van der Waals surface area contributed by atoms with Crippen molar-refractivity contribution in [2.45, 2.75) is 214 Å². The highest BCUT2D eigenvalue weighted by atomic mass is 15.1. The third-order valence-electron chi connectivity index (χ3n) is 8.60. The van der Waals surface area contributed by atoms with E-state index < -0.39 is 0 Å². The molecule has 2 heteroatoms. The first-order chi connectivity index (χ1) is 18.8. The van der Waals surface area contributed by atoms with Gasteiger partial charge in [-0.3, -0.25) is 0 Å². The summed E-state index contributed by atoms with van der Waals surface area (Å²) in [6.07, 6.45) is 44.4. The summed E-state index contributed by atoms with van der Waals surface area (Å²) in [5.41, 5.74) is 0. The van der Waals surface area contributed by atoms with Gasteiger partial charge in [-0.2, -0.15) is 0 Å². The number of rotatable bonds is 30. The molecule has 0 radical (unpaired) electrons. The zero-order valence-corrected chi connectivity index (χ0v) is 26.8. The van der Waals surface area contributed by atoms with Gasteiger partial charge < -0.3 is 0 Å². The lowest BCUT2D eigenvalue weighted by molar-refractivity contribution is -0.704. The van der Waals surface area contributed by atoms with E-state index in [1.54, 1.807) is 5.82 Å². The Morgan fingerprint density at radius 3 is 1.26 bits per heavy atom. The third-order valence-corrected chi connectivity index (χ3v) is 8.60. The zero-order valence-electron chi connectivity index (χ0n) is 26.8. The van der Waals surface area contributed by atoms with Crippen LogP contribution >= 0.6 is 0 Å². The van der Waals surface area contributed by atoms with Gasteiger partial charge in [-0.25, -0.2) is 9.13 Å². The Kier molecular flexibility index (Phi) is 25.7. The fourth-order valence-electron chi connectivity index (χ4n) is 5.97. The van der Waals surface area contributed by atoms with E-state index in [0.29, 0.717) is 0 Å². The molecule has 0 bridgehead atoms. The van der Waals surface area contributed by atoms with Crippen molar-refractivity contribution in [2.24, 2.45) is 0 Å². The molecule has 0 unspecified atom stereocenters. The Hall–Kier alpha value is -0.790. The van der Waals surface area contributed by atoms with Crippen molar-refractivity contribution >= 4 is 0 Å². The van der Waals surface area contributed by atoms with E-state index in [-0.39, 0.29) is 0 Å².